The van der Waals surface area contributed by atoms with Crippen LogP contribution < -0.4 is 5.32 Å². The molecule has 6 heteroatoms. The van der Waals surface area contributed by atoms with E-state index >= 15 is 0 Å². The average molecular weight is 453 g/mol. The third-order valence-corrected chi connectivity index (χ3v) is 4.68. The monoisotopic (exact) mass is 453 g/mol. The van der Waals surface area contributed by atoms with Gasteiger partial charge >= 0.3 is 0 Å². The van der Waals surface area contributed by atoms with Crippen LogP contribution in [-0.4, -0.2) is 63.5 Å². The van der Waals surface area contributed by atoms with Crippen molar-refractivity contribution in [3.63, 3.8) is 0 Å². The molecule has 2 aliphatic rings. The summed E-state index contributed by atoms with van der Waals surface area (Å²) in [7, 11) is 1.88. The van der Waals surface area contributed by atoms with E-state index in [0.717, 1.165) is 70.1 Å². The lowest BCUT2D eigenvalue weighted by molar-refractivity contribution is 0.0168. The van der Waals surface area contributed by atoms with Gasteiger partial charge in [-0.05, 0) is 43.9 Å². The Balaban J connectivity index is 0.00000288. The molecule has 2 rings (SSSR count). The molecule has 24 heavy (non-hydrogen) atoms. The summed E-state index contributed by atoms with van der Waals surface area (Å²) < 4.78 is 11.3. The molecule has 0 bridgehead atoms. The topological polar surface area (TPSA) is 46.1 Å². The van der Waals surface area contributed by atoms with Crippen molar-refractivity contribution in [1.82, 2.24) is 10.2 Å². The maximum absolute atomic E-state index is 5.70. The summed E-state index contributed by atoms with van der Waals surface area (Å²) in [6, 6.07) is 0. The first-order valence-corrected chi connectivity index (χ1v) is 9.34. The quantitative estimate of drug-likeness (QED) is 0.266. The molecule has 0 spiro atoms. The van der Waals surface area contributed by atoms with Gasteiger partial charge in [-0.2, -0.15) is 0 Å². The second kappa shape index (κ2) is 12.3. The third kappa shape index (κ3) is 7.87. The number of hydrogen-bond donors (Lipinski definition) is 1. The number of halogens is 1. The molecule has 0 saturated carbocycles. The summed E-state index contributed by atoms with van der Waals surface area (Å²) in [5.74, 6) is 2.66. The molecule has 0 radical (unpaired) electrons. The Hall–Kier alpha value is -0.0800. The molecule has 0 aromatic rings. The Morgan fingerprint density at radius 3 is 2.88 bits per heavy atom. The molecule has 0 amide bonds. The van der Waals surface area contributed by atoms with E-state index in [1.54, 1.807) is 0 Å². The number of nitrogens with zero attached hydrogens (tertiary/aromatic N) is 2. The summed E-state index contributed by atoms with van der Waals surface area (Å²) in [6.07, 6.45) is 6.29. The number of likely N-dealkylation sites (tertiary alicyclic amines) is 1. The maximum Gasteiger partial charge on any atom is 0.193 e. The second-order valence-corrected chi connectivity index (χ2v) is 7.27. The van der Waals surface area contributed by atoms with Gasteiger partial charge in [-0.1, -0.05) is 13.8 Å². The van der Waals surface area contributed by atoms with E-state index in [1.165, 1.54) is 19.3 Å². The highest BCUT2D eigenvalue weighted by Gasteiger charge is 2.25. The van der Waals surface area contributed by atoms with Gasteiger partial charge in [0.15, 0.2) is 5.96 Å². The van der Waals surface area contributed by atoms with Crippen LogP contribution in [0.3, 0.4) is 0 Å². The number of guanidine groups is 1. The zero-order valence-electron chi connectivity index (χ0n) is 15.6. The van der Waals surface area contributed by atoms with Crippen molar-refractivity contribution in [2.24, 2.45) is 16.8 Å². The molecule has 0 aromatic heterocycles. The van der Waals surface area contributed by atoms with Crippen LogP contribution >= 0.6 is 24.0 Å². The summed E-state index contributed by atoms with van der Waals surface area (Å²) in [5, 5.41) is 3.48. The van der Waals surface area contributed by atoms with Gasteiger partial charge in [-0.3, -0.25) is 4.99 Å². The molecule has 2 saturated heterocycles. The van der Waals surface area contributed by atoms with Gasteiger partial charge in [0.1, 0.15) is 0 Å². The minimum atomic E-state index is 0. The van der Waals surface area contributed by atoms with Gasteiger partial charge in [0, 0.05) is 39.9 Å². The van der Waals surface area contributed by atoms with Crippen LogP contribution in [0.25, 0.3) is 0 Å². The van der Waals surface area contributed by atoms with E-state index < -0.39 is 0 Å². The van der Waals surface area contributed by atoms with E-state index in [9.17, 15) is 0 Å². The lowest BCUT2D eigenvalue weighted by Gasteiger charge is -2.22. The molecule has 2 fully saturated rings. The Morgan fingerprint density at radius 1 is 1.38 bits per heavy atom. The molecule has 0 aliphatic carbocycles. The molecule has 2 heterocycles. The van der Waals surface area contributed by atoms with E-state index in [4.69, 9.17) is 9.47 Å². The van der Waals surface area contributed by atoms with Gasteiger partial charge in [-0.25, -0.2) is 0 Å². The van der Waals surface area contributed by atoms with Gasteiger partial charge in [-0.15, -0.1) is 24.0 Å². The SMILES string of the molecule is CN=C(NCCCOCC1CCCO1)N1CCC(CC(C)C)C1.I. The lowest BCUT2D eigenvalue weighted by atomic mass is 9.97. The molecule has 1 N–H and O–H groups in total. The first-order chi connectivity index (χ1) is 11.2. The van der Waals surface area contributed by atoms with E-state index in [2.05, 4.69) is 29.1 Å². The zero-order valence-corrected chi connectivity index (χ0v) is 18.0. The van der Waals surface area contributed by atoms with Crippen molar-refractivity contribution in [3.8, 4) is 0 Å². The number of rotatable bonds is 8. The predicted octanol–water partition coefficient (Wildman–Crippen LogP) is 3.13. The van der Waals surface area contributed by atoms with Gasteiger partial charge in [0.2, 0.25) is 0 Å². The van der Waals surface area contributed by atoms with Crippen LogP contribution in [-0.2, 0) is 9.47 Å². The maximum atomic E-state index is 5.70. The molecule has 2 unspecified atom stereocenters. The fourth-order valence-corrected chi connectivity index (χ4v) is 3.58. The van der Waals surface area contributed by atoms with Gasteiger partial charge in [0.05, 0.1) is 12.7 Å². The summed E-state index contributed by atoms with van der Waals surface area (Å²) in [6.45, 7) is 10.3. The van der Waals surface area contributed by atoms with Crippen molar-refractivity contribution in [2.45, 2.75) is 52.1 Å². The van der Waals surface area contributed by atoms with Crippen LogP contribution in [0, 0.1) is 11.8 Å². The molecular weight excluding hydrogens is 417 g/mol. The highest BCUT2D eigenvalue weighted by Crippen LogP contribution is 2.23. The first-order valence-electron chi connectivity index (χ1n) is 9.34. The highest BCUT2D eigenvalue weighted by atomic mass is 127. The minimum absolute atomic E-state index is 0. The molecule has 0 aromatic carbocycles. The normalized spacial score (nSPS) is 24.5. The lowest BCUT2D eigenvalue weighted by Crippen LogP contribution is -2.40. The van der Waals surface area contributed by atoms with E-state index in [-0.39, 0.29) is 24.0 Å². The van der Waals surface area contributed by atoms with E-state index in [0.29, 0.717) is 6.10 Å². The Kier molecular flexibility index (Phi) is 11.3. The zero-order chi connectivity index (χ0) is 16.5. The number of hydrogen-bond acceptors (Lipinski definition) is 3. The molecule has 2 atom stereocenters. The fraction of sp³-hybridized carbons (Fsp3) is 0.944. The molecular formula is C18H36IN3O2. The second-order valence-electron chi connectivity index (χ2n) is 7.27. The smallest absolute Gasteiger partial charge is 0.193 e. The summed E-state index contributed by atoms with van der Waals surface area (Å²) in [4.78, 5) is 6.84. The Bertz CT molecular complexity index is 360. The standard InChI is InChI=1S/C18H35N3O2.HI/c1-15(2)12-16-7-9-21(13-16)18(19-3)20-8-5-10-22-14-17-6-4-11-23-17;/h15-17H,4-14H2,1-3H3,(H,19,20);1H. The minimum Gasteiger partial charge on any atom is -0.379 e. The van der Waals surface area contributed by atoms with E-state index in [1.807, 2.05) is 7.05 Å². The average Bonchev–Trinajstić information content (AvgIpc) is 3.18. The molecule has 2 aliphatic heterocycles. The molecule has 142 valence electrons. The fourth-order valence-electron chi connectivity index (χ4n) is 3.58. The van der Waals surface area contributed by atoms with Crippen LogP contribution in [0.4, 0.5) is 0 Å². The first kappa shape index (κ1) is 22.0. The van der Waals surface area contributed by atoms with Crippen LogP contribution in [0.5, 0.6) is 0 Å². The van der Waals surface area contributed by atoms with Gasteiger partial charge in [0.25, 0.3) is 0 Å². The summed E-state index contributed by atoms with van der Waals surface area (Å²) in [5.41, 5.74) is 0. The predicted molar refractivity (Wildman–Crippen MR) is 110 cm³/mol. The van der Waals surface area contributed by atoms with Crippen molar-refractivity contribution in [1.29, 1.82) is 0 Å². The number of nitrogens with one attached hydrogen (secondary N) is 1. The third-order valence-electron chi connectivity index (χ3n) is 4.68. The number of ether oxygens (including phenoxy) is 2. The van der Waals surface area contributed by atoms with Crippen LogP contribution in [0.15, 0.2) is 4.99 Å². The van der Waals surface area contributed by atoms with Crippen molar-refractivity contribution >= 4 is 29.9 Å². The van der Waals surface area contributed by atoms with Crippen LogP contribution in [0.1, 0.15) is 46.0 Å². The summed E-state index contributed by atoms with van der Waals surface area (Å²) >= 11 is 0. The van der Waals surface area contributed by atoms with Crippen LogP contribution in [0.2, 0.25) is 0 Å². The van der Waals surface area contributed by atoms with Gasteiger partial charge < -0.3 is 19.7 Å². The Morgan fingerprint density at radius 2 is 2.21 bits per heavy atom. The Labute approximate surface area is 165 Å². The highest BCUT2D eigenvalue weighted by molar-refractivity contribution is 14.0. The largest absolute Gasteiger partial charge is 0.379 e. The van der Waals surface area contributed by atoms with Crippen molar-refractivity contribution in [2.75, 3.05) is 46.5 Å². The van der Waals surface area contributed by atoms with Crippen molar-refractivity contribution in [3.05, 3.63) is 0 Å². The molecule has 5 nitrogen and oxygen atoms in total. The van der Waals surface area contributed by atoms with Crippen molar-refractivity contribution < 1.29 is 9.47 Å². The number of aliphatic imine (C=N–C) groups is 1.